The van der Waals surface area contributed by atoms with Gasteiger partial charge in [0, 0.05) is 49.1 Å². The van der Waals surface area contributed by atoms with Crippen molar-refractivity contribution in [1.29, 1.82) is 0 Å². The van der Waals surface area contributed by atoms with Crippen LogP contribution in [0.2, 0.25) is 0 Å². The Morgan fingerprint density at radius 1 is 1.00 bits per heavy atom. The molecule has 1 aromatic heterocycles. The highest BCUT2D eigenvalue weighted by atomic mass is 32.1. The van der Waals surface area contributed by atoms with E-state index in [9.17, 15) is 22.8 Å². The molecule has 1 N–H and O–H groups in total. The summed E-state index contributed by atoms with van der Waals surface area (Å²) in [5.74, 6) is -0.106. The number of carbonyl (C=O) groups is 2. The topological polar surface area (TPSA) is 65.5 Å². The molecule has 0 aliphatic carbocycles. The number of nitrogens with one attached hydrogen (secondary N) is 1. The average Bonchev–Trinajstić information content (AvgIpc) is 3.50. The van der Waals surface area contributed by atoms with Crippen molar-refractivity contribution in [1.82, 2.24) is 20.1 Å². The van der Waals surface area contributed by atoms with Crippen LogP contribution in [0.4, 0.5) is 13.2 Å². The molecule has 6 nitrogen and oxygen atoms in total. The minimum atomic E-state index is -4.41. The molecule has 3 aromatic rings. The number of hydrogen-bond acceptors (Lipinski definition) is 5. The summed E-state index contributed by atoms with van der Waals surface area (Å²) < 4.78 is 39.0. The summed E-state index contributed by atoms with van der Waals surface area (Å²) in [7, 11) is 0. The first-order valence-corrected chi connectivity index (χ1v) is 15.6. The molecule has 2 aliphatic rings. The van der Waals surface area contributed by atoms with Crippen molar-refractivity contribution >= 4 is 23.2 Å². The molecule has 2 fully saturated rings. The van der Waals surface area contributed by atoms with E-state index in [1.54, 1.807) is 29.2 Å². The van der Waals surface area contributed by atoms with Crippen LogP contribution in [0.15, 0.2) is 53.9 Å². The highest BCUT2D eigenvalue weighted by molar-refractivity contribution is 7.09. The van der Waals surface area contributed by atoms with E-state index in [1.165, 1.54) is 42.7 Å². The van der Waals surface area contributed by atoms with Crippen LogP contribution in [-0.2, 0) is 6.18 Å². The molecule has 0 bridgehead atoms. The Kier molecular flexibility index (Phi) is 9.63. The second kappa shape index (κ2) is 13.4. The highest BCUT2D eigenvalue weighted by Gasteiger charge is 2.31. The van der Waals surface area contributed by atoms with Crippen LogP contribution >= 0.6 is 11.3 Å². The monoisotopic (exact) mass is 598 g/mol. The molecule has 2 saturated heterocycles. The molecule has 2 amide bonds. The molecule has 1 atom stereocenters. The van der Waals surface area contributed by atoms with Gasteiger partial charge in [0.15, 0.2) is 0 Å². The Bertz CT molecular complexity index is 1370. The minimum Gasteiger partial charge on any atom is -0.351 e. The van der Waals surface area contributed by atoms with Gasteiger partial charge in [-0.2, -0.15) is 13.2 Å². The Morgan fingerprint density at radius 2 is 1.74 bits per heavy atom. The first-order chi connectivity index (χ1) is 20.2. The molecule has 0 radical (unpaired) electrons. The number of hydrogen-bond donors (Lipinski definition) is 1. The van der Waals surface area contributed by atoms with Gasteiger partial charge in [0.25, 0.3) is 11.8 Å². The number of aromatic nitrogens is 1. The van der Waals surface area contributed by atoms with Crippen LogP contribution < -0.4 is 5.32 Å². The first kappa shape index (κ1) is 30.2. The van der Waals surface area contributed by atoms with E-state index < -0.39 is 11.7 Å². The van der Waals surface area contributed by atoms with Crippen LogP contribution in [0.5, 0.6) is 0 Å². The van der Waals surface area contributed by atoms with Crippen molar-refractivity contribution < 1.29 is 22.8 Å². The molecule has 3 heterocycles. The van der Waals surface area contributed by atoms with E-state index in [-0.39, 0.29) is 17.7 Å². The number of amides is 2. The lowest BCUT2D eigenvalue weighted by Crippen LogP contribution is -2.39. The van der Waals surface area contributed by atoms with Crippen molar-refractivity contribution in [2.45, 2.75) is 63.6 Å². The third-order valence-corrected chi connectivity index (χ3v) is 9.42. The smallest absolute Gasteiger partial charge is 0.351 e. The second-order valence-electron chi connectivity index (χ2n) is 11.2. The van der Waals surface area contributed by atoms with Gasteiger partial charge in [-0.15, -0.1) is 11.3 Å². The van der Waals surface area contributed by atoms with Gasteiger partial charge in [-0.3, -0.25) is 9.59 Å². The van der Waals surface area contributed by atoms with Crippen LogP contribution in [-0.4, -0.2) is 65.4 Å². The first-order valence-electron chi connectivity index (χ1n) is 14.7. The molecule has 1 unspecified atom stereocenters. The van der Waals surface area contributed by atoms with E-state index in [0.717, 1.165) is 49.5 Å². The van der Waals surface area contributed by atoms with Crippen LogP contribution in [0.3, 0.4) is 0 Å². The molecule has 42 heavy (non-hydrogen) atoms. The number of alkyl halides is 3. The Balaban J connectivity index is 1.13. The lowest BCUT2D eigenvalue weighted by Gasteiger charge is -2.33. The summed E-state index contributed by atoms with van der Waals surface area (Å²) >= 11 is 1.49. The van der Waals surface area contributed by atoms with Crippen molar-refractivity contribution in [2.24, 2.45) is 0 Å². The highest BCUT2D eigenvalue weighted by Crippen LogP contribution is 2.34. The van der Waals surface area contributed by atoms with Gasteiger partial charge >= 0.3 is 6.18 Å². The fourth-order valence-electron chi connectivity index (χ4n) is 5.90. The van der Waals surface area contributed by atoms with Gasteiger partial charge in [0.2, 0.25) is 0 Å². The molecule has 0 saturated carbocycles. The number of benzene rings is 2. The van der Waals surface area contributed by atoms with Crippen molar-refractivity contribution in [2.75, 3.05) is 32.7 Å². The normalized spacial score (nSPS) is 18.7. The molecule has 10 heteroatoms. The van der Waals surface area contributed by atoms with E-state index in [0.29, 0.717) is 48.1 Å². The van der Waals surface area contributed by atoms with Gasteiger partial charge < -0.3 is 15.1 Å². The molecule has 2 aliphatic heterocycles. The quantitative estimate of drug-likeness (QED) is 0.288. The molecule has 224 valence electrons. The number of nitrogens with zero attached hydrogens (tertiary/aromatic N) is 3. The fraction of sp³-hybridized carbons (Fsp3) is 0.469. The van der Waals surface area contributed by atoms with Crippen molar-refractivity contribution in [3.8, 4) is 11.1 Å². The van der Waals surface area contributed by atoms with Crippen LogP contribution in [0.25, 0.3) is 11.1 Å². The minimum absolute atomic E-state index is 0.137. The Hall–Kier alpha value is -3.24. The largest absolute Gasteiger partial charge is 0.416 e. The number of piperidine rings is 2. The number of thiazole rings is 1. The Labute approximate surface area is 248 Å². The van der Waals surface area contributed by atoms with E-state index in [4.69, 9.17) is 0 Å². The number of rotatable bonds is 8. The molecular weight excluding hydrogens is 561 g/mol. The predicted octanol–water partition coefficient (Wildman–Crippen LogP) is 6.84. The molecule has 0 spiro atoms. The summed E-state index contributed by atoms with van der Waals surface area (Å²) in [6.45, 7) is 6.12. The third-order valence-electron chi connectivity index (χ3n) is 8.41. The maximum atomic E-state index is 13.5. The second-order valence-corrected chi connectivity index (χ2v) is 12.1. The van der Waals surface area contributed by atoms with Crippen molar-refractivity contribution in [3.05, 3.63) is 75.7 Å². The molecular formula is C32H37F3N4O2S. The Morgan fingerprint density at radius 3 is 2.45 bits per heavy atom. The van der Waals surface area contributed by atoms with Crippen LogP contribution in [0, 0.1) is 0 Å². The predicted molar refractivity (Wildman–Crippen MR) is 159 cm³/mol. The van der Waals surface area contributed by atoms with Gasteiger partial charge in [0.05, 0.1) is 10.6 Å². The number of likely N-dealkylation sites (tertiary alicyclic amines) is 2. The standard InChI is InChI=1S/C32H37F3N4O2S/c1-22-7-4-5-17-38(22)18-6-16-36-29(40)28-21-42-30(37-28)24-14-19-39(20-15-24)31(41)27-9-3-2-8-26(27)23-10-12-25(13-11-23)32(33,34)35/h2-3,8-13,21-22,24H,4-7,14-20H2,1H3,(H,36,40). The van der Waals surface area contributed by atoms with Gasteiger partial charge in [-0.05, 0) is 74.9 Å². The van der Waals surface area contributed by atoms with E-state index in [1.807, 2.05) is 5.38 Å². The van der Waals surface area contributed by atoms with Gasteiger partial charge in [0.1, 0.15) is 5.69 Å². The summed E-state index contributed by atoms with van der Waals surface area (Å²) in [5.41, 5.74) is 1.38. The zero-order chi connectivity index (χ0) is 29.7. The number of carbonyl (C=O) groups excluding carboxylic acids is 2. The maximum absolute atomic E-state index is 13.5. The summed E-state index contributed by atoms with van der Waals surface area (Å²) in [6.07, 6.45) is 1.77. The fourth-order valence-corrected chi connectivity index (χ4v) is 6.88. The van der Waals surface area contributed by atoms with E-state index in [2.05, 4.69) is 22.1 Å². The lowest BCUT2D eigenvalue weighted by atomic mass is 9.94. The van der Waals surface area contributed by atoms with Gasteiger partial charge in [-0.25, -0.2) is 4.98 Å². The lowest BCUT2D eigenvalue weighted by molar-refractivity contribution is -0.137. The van der Waals surface area contributed by atoms with E-state index >= 15 is 0 Å². The zero-order valence-electron chi connectivity index (χ0n) is 23.8. The van der Waals surface area contributed by atoms with Crippen molar-refractivity contribution in [3.63, 3.8) is 0 Å². The van der Waals surface area contributed by atoms with Crippen LogP contribution in [0.1, 0.15) is 82.8 Å². The summed E-state index contributed by atoms with van der Waals surface area (Å²) in [4.78, 5) is 35.1. The molecule has 2 aromatic carbocycles. The third kappa shape index (κ3) is 7.21. The number of halogens is 3. The zero-order valence-corrected chi connectivity index (χ0v) is 24.6. The average molecular weight is 599 g/mol. The summed E-state index contributed by atoms with van der Waals surface area (Å²) in [5, 5.41) is 5.74. The maximum Gasteiger partial charge on any atom is 0.416 e. The molecule has 5 rings (SSSR count). The summed E-state index contributed by atoms with van der Waals surface area (Å²) in [6, 6.07) is 12.6. The van der Waals surface area contributed by atoms with Gasteiger partial charge in [-0.1, -0.05) is 36.8 Å². The SMILES string of the molecule is CC1CCCCN1CCCNC(=O)c1csc(C2CCN(C(=O)c3ccccc3-c3ccc(C(F)(F)F)cc3)CC2)n1.